The van der Waals surface area contributed by atoms with Crippen LogP contribution in [0.25, 0.3) is 0 Å². The van der Waals surface area contributed by atoms with Crippen LogP contribution < -0.4 is 4.90 Å². The Labute approximate surface area is 132 Å². The third-order valence-electron chi connectivity index (χ3n) is 3.65. The molecule has 3 rings (SSSR count). The Bertz CT molecular complexity index is 726. The number of ether oxygens (including phenoxy) is 1. The van der Waals surface area contributed by atoms with Crippen LogP contribution in [0.2, 0.25) is 5.02 Å². The van der Waals surface area contributed by atoms with Crippen molar-refractivity contribution in [2.45, 2.75) is 19.4 Å². The van der Waals surface area contributed by atoms with Crippen LogP contribution in [-0.2, 0) is 16.0 Å². The number of amides is 1. The van der Waals surface area contributed by atoms with Gasteiger partial charge in [0.1, 0.15) is 5.69 Å². The maximum atomic E-state index is 12.5. The summed E-state index contributed by atoms with van der Waals surface area (Å²) in [5.41, 5.74) is 2.25. The number of fused-ring (bicyclic) bond motifs is 1. The summed E-state index contributed by atoms with van der Waals surface area (Å²) in [6.45, 7) is 2.18. The zero-order chi connectivity index (χ0) is 15.7. The molecule has 5 nitrogen and oxygen atoms in total. The van der Waals surface area contributed by atoms with Gasteiger partial charge in [-0.2, -0.15) is 0 Å². The van der Waals surface area contributed by atoms with Gasteiger partial charge in [0.15, 0.2) is 6.10 Å². The summed E-state index contributed by atoms with van der Waals surface area (Å²) in [5, 5.41) is 0.416. The molecule has 0 spiro atoms. The zero-order valence-corrected chi connectivity index (χ0v) is 12.8. The zero-order valence-electron chi connectivity index (χ0n) is 12.0. The first kappa shape index (κ1) is 14.7. The number of carbonyl (C=O) groups excluding carboxylic acids is 2. The first-order chi connectivity index (χ1) is 10.6. The van der Waals surface area contributed by atoms with Gasteiger partial charge in [0.05, 0.1) is 5.02 Å². The molecule has 2 heterocycles. The Balaban J connectivity index is 1.69. The van der Waals surface area contributed by atoms with E-state index in [1.807, 2.05) is 24.3 Å². The number of rotatable bonds is 3. The van der Waals surface area contributed by atoms with Gasteiger partial charge in [-0.05, 0) is 31.0 Å². The summed E-state index contributed by atoms with van der Waals surface area (Å²) in [6.07, 6.45) is 1.44. The third-order valence-corrected chi connectivity index (χ3v) is 3.87. The maximum Gasteiger partial charge on any atom is 0.355 e. The van der Waals surface area contributed by atoms with E-state index in [2.05, 4.69) is 4.98 Å². The smallest absolute Gasteiger partial charge is 0.355 e. The Morgan fingerprint density at radius 2 is 2.14 bits per heavy atom. The number of aromatic nitrogens is 1. The first-order valence-electron chi connectivity index (χ1n) is 7.00. The Morgan fingerprint density at radius 1 is 1.36 bits per heavy atom. The Morgan fingerprint density at radius 3 is 2.86 bits per heavy atom. The molecule has 1 aromatic carbocycles. The number of para-hydroxylation sites is 1. The van der Waals surface area contributed by atoms with Crippen molar-refractivity contribution in [2.24, 2.45) is 0 Å². The second-order valence-electron chi connectivity index (χ2n) is 5.15. The van der Waals surface area contributed by atoms with Crippen LogP contribution in [0, 0.1) is 0 Å². The number of benzene rings is 1. The summed E-state index contributed by atoms with van der Waals surface area (Å²) in [6, 6.07) is 9.21. The van der Waals surface area contributed by atoms with Crippen LogP contribution in [0.1, 0.15) is 23.0 Å². The van der Waals surface area contributed by atoms with E-state index in [1.54, 1.807) is 11.8 Å². The van der Waals surface area contributed by atoms with Crippen LogP contribution in [0.15, 0.2) is 36.5 Å². The highest BCUT2D eigenvalue weighted by atomic mass is 35.5. The van der Waals surface area contributed by atoms with Crippen molar-refractivity contribution in [3.63, 3.8) is 0 Å². The molecule has 6 heteroatoms. The number of aromatic amines is 1. The molecule has 0 saturated carbocycles. The molecule has 1 atom stereocenters. The normalized spacial score (nSPS) is 14.5. The van der Waals surface area contributed by atoms with Gasteiger partial charge < -0.3 is 14.6 Å². The third kappa shape index (κ3) is 2.72. The number of hydrogen-bond acceptors (Lipinski definition) is 3. The van der Waals surface area contributed by atoms with E-state index in [0.29, 0.717) is 11.6 Å². The van der Waals surface area contributed by atoms with Crippen molar-refractivity contribution < 1.29 is 14.3 Å². The van der Waals surface area contributed by atoms with E-state index in [-0.39, 0.29) is 11.6 Å². The van der Waals surface area contributed by atoms with Gasteiger partial charge >= 0.3 is 5.97 Å². The molecule has 1 aromatic heterocycles. The minimum atomic E-state index is -0.860. The highest BCUT2D eigenvalue weighted by Gasteiger charge is 2.30. The lowest BCUT2D eigenvalue weighted by atomic mass is 10.2. The molecule has 0 bridgehead atoms. The average Bonchev–Trinajstić information content (AvgIpc) is 3.12. The number of nitrogens with one attached hydrogen (secondary N) is 1. The number of hydrogen-bond donors (Lipinski definition) is 1. The highest BCUT2D eigenvalue weighted by Crippen LogP contribution is 2.28. The van der Waals surface area contributed by atoms with Crippen molar-refractivity contribution in [3.05, 3.63) is 52.8 Å². The molecule has 0 saturated heterocycles. The van der Waals surface area contributed by atoms with Gasteiger partial charge in [-0.15, -0.1) is 0 Å². The molecule has 0 fully saturated rings. The summed E-state index contributed by atoms with van der Waals surface area (Å²) >= 11 is 5.75. The average molecular weight is 319 g/mol. The molecular formula is C16H15ClN2O3. The van der Waals surface area contributed by atoms with E-state index in [9.17, 15) is 9.59 Å². The van der Waals surface area contributed by atoms with Gasteiger partial charge in [0, 0.05) is 18.4 Å². The summed E-state index contributed by atoms with van der Waals surface area (Å²) < 4.78 is 5.22. The minimum absolute atomic E-state index is 0.226. The van der Waals surface area contributed by atoms with Gasteiger partial charge in [-0.3, -0.25) is 4.79 Å². The van der Waals surface area contributed by atoms with Crippen molar-refractivity contribution >= 4 is 29.2 Å². The van der Waals surface area contributed by atoms with Gasteiger partial charge in [0.25, 0.3) is 5.91 Å². The predicted octanol–water partition coefficient (Wildman–Crippen LogP) is 2.80. The maximum absolute atomic E-state index is 12.5. The second-order valence-corrected chi connectivity index (χ2v) is 5.58. The molecule has 0 radical (unpaired) electrons. The molecule has 1 N–H and O–H groups in total. The standard InChI is InChI=1S/C16H15ClN2O3/c1-10(22-16(21)13-8-12(17)9-18-13)15(20)19-7-6-11-4-2-3-5-14(11)19/h2-5,8-10,18H,6-7H2,1H3. The quantitative estimate of drug-likeness (QED) is 0.885. The van der Waals surface area contributed by atoms with Crippen LogP contribution in [0.5, 0.6) is 0 Å². The fraction of sp³-hybridized carbons (Fsp3) is 0.250. The second kappa shape index (κ2) is 5.85. The molecule has 1 aliphatic heterocycles. The lowest BCUT2D eigenvalue weighted by Gasteiger charge is -2.21. The number of anilines is 1. The SMILES string of the molecule is CC(OC(=O)c1cc(Cl)c[nH]1)C(=O)N1CCc2ccccc21. The minimum Gasteiger partial charge on any atom is -0.448 e. The fourth-order valence-corrected chi connectivity index (χ4v) is 2.71. The lowest BCUT2D eigenvalue weighted by molar-refractivity contribution is -0.126. The van der Waals surface area contributed by atoms with Gasteiger partial charge in [0.2, 0.25) is 0 Å². The van der Waals surface area contributed by atoms with Crippen LogP contribution in [-0.4, -0.2) is 29.5 Å². The summed E-state index contributed by atoms with van der Waals surface area (Å²) in [5.74, 6) is -0.823. The van der Waals surface area contributed by atoms with E-state index in [1.165, 1.54) is 12.3 Å². The van der Waals surface area contributed by atoms with Crippen molar-refractivity contribution in [1.29, 1.82) is 0 Å². The largest absolute Gasteiger partial charge is 0.448 e. The first-order valence-corrected chi connectivity index (χ1v) is 7.38. The van der Waals surface area contributed by atoms with Gasteiger partial charge in [-0.1, -0.05) is 29.8 Å². The summed E-state index contributed by atoms with van der Waals surface area (Å²) in [4.78, 5) is 28.8. The number of esters is 1. The number of H-pyrrole nitrogens is 1. The topological polar surface area (TPSA) is 62.4 Å². The van der Waals surface area contributed by atoms with Crippen LogP contribution in [0.4, 0.5) is 5.69 Å². The monoisotopic (exact) mass is 318 g/mol. The Hall–Kier alpha value is -2.27. The molecule has 2 aromatic rings. The number of carbonyl (C=O) groups is 2. The lowest BCUT2D eigenvalue weighted by Crippen LogP contribution is -2.39. The Kier molecular flexibility index (Phi) is 3.90. The molecular weight excluding hydrogens is 304 g/mol. The molecule has 1 unspecified atom stereocenters. The number of nitrogens with zero attached hydrogens (tertiary/aromatic N) is 1. The molecule has 0 aliphatic carbocycles. The molecule has 114 valence electrons. The molecule has 1 amide bonds. The summed E-state index contributed by atoms with van der Waals surface area (Å²) in [7, 11) is 0. The molecule has 1 aliphatic rings. The van der Waals surface area contributed by atoms with E-state index < -0.39 is 12.1 Å². The van der Waals surface area contributed by atoms with E-state index in [0.717, 1.165) is 17.7 Å². The van der Waals surface area contributed by atoms with Gasteiger partial charge in [-0.25, -0.2) is 4.79 Å². The van der Waals surface area contributed by atoms with Crippen molar-refractivity contribution in [2.75, 3.05) is 11.4 Å². The fourth-order valence-electron chi connectivity index (χ4n) is 2.55. The number of halogens is 1. The van der Waals surface area contributed by atoms with Crippen LogP contribution >= 0.6 is 11.6 Å². The van der Waals surface area contributed by atoms with E-state index >= 15 is 0 Å². The molecule has 22 heavy (non-hydrogen) atoms. The van der Waals surface area contributed by atoms with Crippen LogP contribution in [0.3, 0.4) is 0 Å². The highest BCUT2D eigenvalue weighted by molar-refractivity contribution is 6.30. The van der Waals surface area contributed by atoms with E-state index in [4.69, 9.17) is 16.3 Å². The predicted molar refractivity (Wildman–Crippen MR) is 83.2 cm³/mol. The van der Waals surface area contributed by atoms with Crippen molar-refractivity contribution in [3.8, 4) is 0 Å². The van der Waals surface area contributed by atoms with Crippen molar-refractivity contribution in [1.82, 2.24) is 4.98 Å².